The van der Waals surface area contributed by atoms with Crippen LogP contribution in [0.5, 0.6) is 5.75 Å². The molecule has 1 aliphatic rings. The van der Waals surface area contributed by atoms with E-state index in [1.807, 2.05) is 36.6 Å². The van der Waals surface area contributed by atoms with Gasteiger partial charge in [0.1, 0.15) is 5.75 Å². The summed E-state index contributed by atoms with van der Waals surface area (Å²) >= 11 is 1.30. The van der Waals surface area contributed by atoms with Crippen LogP contribution >= 0.6 is 11.3 Å². The van der Waals surface area contributed by atoms with Crippen LogP contribution in [0.4, 0.5) is 0 Å². The van der Waals surface area contributed by atoms with Gasteiger partial charge in [0.15, 0.2) is 5.76 Å². The number of ether oxygens (including phenoxy) is 1. The molecule has 0 unspecified atom stereocenters. The molecule has 0 radical (unpaired) electrons. The van der Waals surface area contributed by atoms with E-state index < -0.39 is 17.7 Å². The third-order valence-electron chi connectivity index (χ3n) is 5.48. The van der Waals surface area contributed by atoms with Crippen LogP contribution in [-0.2, 0) is 4.79 Å². The average molecular weight is 430 g/mol. The van der Waals surface area contributed by atoms with Crippen molar-refractivity contribution in [1.82, 2.24) is 4.90 Å². The summed E-state index contributed by atoms with van der Waals surface area (Å²) in [4.78, 5) is 29.7. The Balaban J connectivity index is 2.02. The van der Waals surface area contributed by atoms with Crippen LogP contribution in [0.1, 0.15) is 42.0 Å². The van der Waals surface area contributed by atoms with Crippen molar-refractivity contribution in [2.24, 2.45) is 0 Å². The molecule has 7 heteroatoms. The minimum absolute atomic E-state index is 0.144. The number of carbonyl (C=O) groups excluding carboxylic acids is 2. The molecular weight excluding hydrogens is 400 g/mol. The van der Waals surface area contributed by atoms with Crippen molar-refractivity contribution < 1.29 is 24.3 Å². The highest BCUT2D eigenvalue weighted by Crippen LogP contribution is 2.40. The van der Waals surface area contributed by atoms with E-state index in [0.29, 0.717) is 23.8 Å². The molecule has 2 aromatic rings. The van der Waals surface area contributed by atoms with E-state index in [1.54, 1.807) is 17.0 Å². The van der Waals surface area contributed by atoms with Crippen LogP contribution in [-0.4, -0.2) is 54.5 Å². The number of ketones is 1. The fourth-order valence-electron chi connectivity index (χ4n) is 3.83. The molecular formula is C23H29N2O4S+. The third kappa shape index (κ3) is 4.42. The second-order valence-corrected chi connectivity index (χ2v) is 8.13. The maximum atomic E-state index is 13.2. The zero-order valence-corrected chi connectivity index (χ0v) is 18.5. The van der Waals surface area contributed by atoms with E-state index in [9.17, 15) is 14.7 Å². The molecule has 1 atom stereocenters. The fourth-order valence-corrected chi connectivity index (χ4v) is 4.50. The summed E-state index contributed by atoms with van der Waals surface area (Å²) in [6.45, 7) is 9.72. The van der Waals surface area contributed by atoms with Crippen molar-refractivity contribution in [2.75, 3.05) is 32.8 Å². The molecule has 0 fully saturated rings. The van der Waals surface area contributed by atoms with Gasteiger partial charge in [-0.1, -0.05) is 18.2 Å². The van der Waals surface area contributed by atoms with Gasteiger partial charge in [-0.05, 0) is 49.9 Å². The van der Waals surface area contributed by atoms with E-state index in [0.717, 1.165) is 25.2 Å². The Hall–Kier alpha value is -2.64. The van der Waals surface area contributed by atoms with Crippen LogP contribution < -0.4 is 9.64 Å². The smallest absolute Gasteiger partial charge is 0.290 e. The maximum absolute atomic E-state index is 13.2. The van der Waals surface area contributed by atoms with Crippen molar-refractivity contribution >= 4 is 23.0 Å². The van der Waals surface area contributed by atoms with Gasteiger partial charge in [0.05, 0.1) is 49.3 Å². The van der Waals surface area contributed by atoms with Gasteiger partial charge in [-0.25, -0.2) is 0 Å². The zero-order chi connectivity index (χ0) is 21.7. The number of thiophene rings is 1. The number of rotatable bonds is 10. The lowest BCUT2D eigenvalue weighted by molar-refractivity contribution is -0.895. The second kappa shape index (κ2) is 9.91. The van der Waals surface area contributed by atoms with Crippen molar-refractivity contribution in [1.29, 1.82) is 0 Å². The van der Waals surface area contributed by atoms with Crippen molar-refractivity contribution in [2.45, 2.75) is 26.8 Å². The van der Waals surface area contributed by atoms with Crippen LogP contribution in [0.15, 0.2) is 53.1 Å². The Kier molecular flexibility index (Phi) is 7.29. The van der Waals surface area contributed by atoms with Gasteiger partial charge in [-0.15, -0.1) is 11.3 Å². The molecule has 0 bridgehead atoms. The van der Waals surface area contributed by atoms with Crippen LogP contribution in [0.25, 0.3) is 0 Å². The van der Waals surface area contributed by atoms with Crippen LogP contribution in [0.3, 0.4) is 0 Å². The molecule has 3 rings (SSSR count). The van der Waals surface area contributed by atoms with Crippen LogP contribution in [0, 0.1) is 0 Å². The maximum Gasteiger partial charge on any atom is 0.290 e. The molecule has 30 heavy (non-hydrogen) atoms. The number of carbonyl (C=O) groups is 2. The predicted octanol–water partition coefficient (Wildman–Crippen LogP) is 2.65. The van der Waals surface area contributed by atoms with E-state index in [4.69, 9.17) is 4.74 Å². The number of nitrogens with one attached hydrogen (secondary N) is 1. The number of benzene rings is 1. The molecule has 0 saturated carbocycles. The molecule has 2 N–H and O–H groups in total. The molecule has 2 heterocycles. The molecule has 1 amide bonds. The summed E-state index contributed by atoms with van der Waals surface area (Å²) < 4.78 is 5.63. The Bertz CT molecular complexity index is 919. The first-order chi connectivity index (χ1) is 14.5. The Morgan fingerprint density at radius 2 is 1.97 bits per heavy atom. The average Bonchev–Trinajstić information content (AvgIpc) is 3.37. The van der Waals surface area contributed by atoms with Gasteiger partial charge in [0, 0.05) is 0 Å². The van der Waals surface area contributed by atoms with E-state index in [2.05, 4.69) is 13.8 Å². The summed E-state index contributed by atoms with van der Waals surface area (Å²) in [6.07, 6.45) is 0. The Labute approximate surface area is 181 Å². The molecule has 0 spiro atoms. The van der Waals surface area contributed by atoms with Gasteiger partial charge in [-0.3, -0.25) is 9.59 Å². The molecule has 160 valence electrons. The standard InChI is InChI=1S/C23H28N2O4S/c1-4-24(5-2)12-13-25-20(16-9-7-10-17(15-16)29-6-3)19(22(27)23(25)28)21(26)18-11-8-14-30-18/h7-11,14-15,20,27H,4-6,12-13H2,1-3H3/p+1/t20-/m1/s1. The first kappa shape index (κ1) is 22.1. The van der Waals surface area contributed by atoms with E-state index >= 15 is 0 Å². The Morgan fingerprint density at radius 3 is 2.60 bits per heavy atom. The lowest BCUT2D eigenvalue weighted by Crippen LogP contribution is -3.12. The summed E-state index contributed by atoms with van der Waals surface area (Å²) in [5.41, 5.74) is 0.901. The van der Waals surface area contributed by atoms with Gasteiger partial charge < -0.3 is 19.6 Å². The highest BCUT2D eigenvalue weighted by molar-refractivity contribution is 7.12. The predicted molar refractivity (Wildman–Crippen MR) is 117 cm³/mol. The SMILES string of the molecule is CCOc1cccc([C@@H]2C(C(=O)c3cccs3)=C(O)C(=O)N2CC[NH+](CC)CC)c1. The number of likely N-dealkylation sites (N-methyl/N-ethyl adjacent to an activating group) is 1. The summed E-state index contributed by atoms with van der Waals surface area (Å²) in [5.74, 6) is -0.575. The topological polar surface area (TPSA) is 71.3 Å². The second-order valence-electron chi connectivity index (χ2n) is 7.18. The number of aliphatic hydroxyl groups is 1. The number of hydrogen-bond acceptors (Lipinski definition) is 5. The zero-order valence-electron chi connectivity index (χ0n) is 17.7. The van der Waals surface area contributed by atoms with Gasteiger partial charge >= 0.3 is 0 Å². The highest BCUT2D eigenvalue weighted by Gasteiger charge is 2.44. The fraction of sp³-hybridized carbons (Fsp3) is 0.391. The Morgan fingerprint density at radius 1 is 1.20 bits per heavy atom. The molecule has 6 nitrogen and oxygen atoms in total. The number of Topliss-reactive ketones (excluding diaryl/α,β-unsaturated/α-hetero) is 1. The molecule has 1 aromatic carbocycles. The summed E-state index contributed by atoms with van der Waals surface area (Å²) in [5, 5.41) is 12.5. The number of aliphatic hydroxyl groups excluding tert-OH is 1. The minimum Gasteiger partial charge on any atom is -0.503 e. The van der Waals surface area contributed by atoms with Crippen LogP contribution in [0.2, 0.25) is 0 Å². The number of hydrogen-bond donors (Lipinski definition) is 2. The number of amides is 1. The molecule has 0 saturated heterocycles. The van der Waals surface area contributed by atoms with E-state index in [1.165, 1.54) is 16.2 Å². The first-order valence-corrected chi connectivity index (χ1v) is 11.3. The van der Waals surface area contributed by atoms with Gasteiger partial charge in [0.25, 0.3) is 5.91 Å². The quantitative estimate of drug-likeness (QED) is 0.570. The summed E-state index contributed by atoms with van der Waals surface area (Å²) in [7, 11) is 0. The number of quaternary nitrogens is 1. The monoisotopic (exact) mass is 429 g/mol. The third-order valence-corrected chi connectivity index (χ3v) is 6.35. The lowest BCUT2D eigenvalue weighted by atomic mass is 9.95. The van der Waals surface area contributed by atoms with Crippen molar-refractivity contribution in [3.05, 3.63) is 63.6 Å². The molecule has 0 aliphatic carbocycles. The first-order valence-electron chi connectivity index (χ1n) is 10.4. The van der Waals surface area contributed by atoms with Gasteiger partial charge in [-0.2, -0.15) is 0 Å². The summed E-state index contributed by atoms with van der Waals surface area (Å²) in [6, 6.07) is 10.3. The molecule has 1 aromatic heterocycles. The molecule has 1 aliphatic heterocycles. The highest BCUT2D eigenvalue weighted by atomic mass is 32.1. The number of nitrogens with zero attached hydrogens (tertiary/aromatic N) is 1. The largest absolute Gasteiger partial charge is 0.503 e. The van der Waals surface area contributed by atoms with Crippen molar-refractivity contribution in [3.8, 4) is 5.75 Å². The van der Waals surface area contributed by atoms with Crippen molar-refractivity contribution in [3.63, 3.8) is 0 Å². The minimum atomic E-state index is -0.637. The van der Waals surface area contributed by atoms with E-state index in [-0.39, 0.29) is 11.4 Å². The lowest BCUT2D eigenvalue weighted by Gasteiger charge is -2.28. The van der Waals surface area contributed by atoms with Gasteiger partial charge in [0.2, 0.25) is 5.78 Å². The normalized spacial score (nSPS) is 16.6.